The van der Waals surface area contributed by atoms with Crippen LogP contribution < -0.4 is 5.73 Å². The number of nitrogens with two attached hydrogens (primary N) is 1. The van der Waals surface area contributed by atoms with Gasteiger partial charge in [0.25, 0.3) is 0 Å². The van der Waals surface area contributed by atoms with E-state index >= 15 is 0 Å². The van der Waals surface area contributed by atoms with Crippen LogP contribution in [0, 0.1) is 18.2 Å². The highest BCUT2D eigenvalue weighted by molar-refractivity contribution is 6.30. The Balaban J connectivity index is 1.53. The van der Waals surface area contributed by atoms with Gasteiger partial charge in [-0.15, -0.1) is 0 Å². The van der Waals surface area contributed by atoms with Crippen molar-refractivity contribution in [3.05, 3.63) is 75.4 Å². The fourth-order valence-corrected chi connectivity index (χ4v) is 5.84. The van der Waals surface area contributed by atoms with E-state index in [0.29, 0.717) is 16.5 Å². The summed E-state index contributed by atoms with van der Waals surface area (Å²) in [5, 5.41) is 6.14. The minimum Gasteiger partial charge on any atom is -0.368 e. The Kier molecular flexibility index (Phi) is 4.05. The van der Waals surface area contributed by atoms with Crippen molar-refractivity contribution >= 4 is 17.6 Å². The van der Waals surface area contributed by atoms with Crippen LogP contribution in [0.3, 0.4) is 0 Å². The van der Waals surface area contributed by atoms with Gasteiger partial charge in [-0.2, -0.15) is 0 Å². The zero-order chi connectivity index (χ0) is 22.3. The maximum atomic E-state index is 14.0. The lowest BCUT2D eigenvalue weighted by Crippen LogP contribution is -2.47. The molecular formula is C24H22ClFN4O2. The van der Waals surface area contributed by atoms with Crippen molar-refractivity contribution in [3.63, 3.8) is 0 Å². The van der Waals surface area contributed by atoms with E-state index in [2.05, 4.69) is 11.2 Å². The quantitative estimate of drug-likeness (QED) is 0.587. The highest BCUT2D eigenvalue weighted by atomic mass is 35.5. The van der Waals surface area contributed by atoms with Crippen LogP contribution in [0.4, 0.5) is 4.39 Å². The molecule has 0 saturated heterocycles. The number of rotatable bonds is 1. The van der Waals surface area contributed by atoms with E-state index in [1.165, 1.54) is 12.1 Å². The van der Waals surface area contributed by atoms with Gasteiger partial charge in [0, 0.05) is 28.6 Å². The number of nitrogens with zero attached hydrogens (tertiary/aromatic N) is 3. The van der Waals surface area contributed by atoms with E-state index < -0.39 is 5.72 Å². The van der Waals surface area contributed by atoms with E-state index in [1.54, 1.807) is 18.2 Å². The molecule has 1 aromatic heterocycles. The largest absolute Gasteiger partial charge is 0.368 e. The highest BCUT2D eigenvalue weighted by Gasteiger charge is 2.64. The summed E-state index contributed by atoms with van der Waals surface area (Å²) in [6.07, 6.45) is 3.16. The minimum absolute atomic E-state index is 0.327. The number of fused-ring (bicyclic) bond motifs is 4. The monoisotopic (exact) mass is 452 g/mol. The van der Waals surface area contributed by atoms with Crippen molar-refractivity contribution in [2.45, 2.75) is 38.3 Å². The molecule has 2 heterocycles. The van der Waals surface area contributed by atoms with E-state index in [1.807, 2.05) is 19.1 Å². The lowest BCUT2D eigenvalue weighted by molar-refractivity contribution is -0.224. The first-order valence-corrected chi connectivity index (χ1v) is 11.0. The predicted octanol–water partition coefficient (Wildman–Crippen LogP) is 4.52. The standard InChI is InChI=1S/C24H22ClFN4O2/c1-13-19-12-23(6-5-21(19)29-31-13)11-15-4-3-14(16-7-17(25)10-18(26)8-16)9-20(15)24(23)28-22(27)30(2)32-24/h3-4,7-10H,5-6,11-12H2,1-2H3,(H2,27,28). The highest BCUT2D eigenvalue weighted by Crippen LogP contribution is 2.61. The van der Waals surface area contributed by atoms with E-state index in [9.17, 15) is 4.39 Å². The molecule has 0 saturated carbocycles. The van der Waals surface area contributed by atoms with Gasteiger partial charge >= 0.3 is 0 Å². The number of aryl methyl sites for hydroxylation is 2. The Morgan fingerprint density at radius 2 is 2.00 bits per heavy atom. The molecule has 0 bridgehead atoms. The number of aromatic nitrogens is 1. The number of hydroxylamine groups is 2. The molecular weight excluding hydrogens is 431 g/mol. The van der Waals surface area contributed by atoms with Crippen LogP contribution >= 0.6 is 11.6 Å². The summed E-state index contributed by atoms with van der Waals surface area (Å²) in [5.41, 5.74) is 10.8. The summed E-state index contributed by atoms with van der Waals surface area (Å²) >= 11 is 6.12. The molecule has 3 aromatic rings. The fraction of sp³-hybridized carbons (Fsp3) is 0.333. The lowest BCUT2D eigenvalue weighted by atomic mass is 9.66. The van der Waals surface area contributed by atoms with Crippen molar-refractivity contribution in [1.82, 2.24) is 10.2 Å². The van der Waals surface area contributed by atoms with Crippen LogP contribution in [0.15, 0.2) is 45.9 Å². The minimum atomic E-state index is -0.963. The van der Waals surface area contributed by atoms with Crippen LogP contribution in [-0.2, 0) is 29.8 Å². The summed E-state index contributed by atoms with van der Waals surface area (Å²) in [4.78, 5) is 11.4. The number of benzene rings is 2. The average molecular weight is 453 g/mol. The third-order valence-electron chi connectivity index (χ3n) is 7.20. The Hall–Kier alpha value is -2.90. The van der Waals surface area contributed by atoms with Gasteiger partial charge in [0.05, 0.1) is 5.69 Å². The number of halogens is 2. The molecule has 2 spiro atoms. The zero-order valence-corrected chi connectivity index (χ0v) is 18.5. The van der Waals surface area contributed by atoms with Gasteiger partial charge in [0.1, 0.15) is 11.6 Å². The Morgan fingerprint density at radius 1 is 1.16 bits per heavy atom. The number of guanidine groups is 1. The molecule has 0 radical (unpaired) electrons. The second kappa shape index (κ2) is 6.56. The van der Waals surface area contributed by atoms with Crippen LogP contribution in [0.5, 0.6) is 0 Å². The van der Waals surface area contributed by atoms with Gasteiger partial charge in [-0.05, 0) is 73.6 Å². The second-order valence-corrected chi connectivity index (χ2v) is 9.47. The van der Waals surface area contributed by atoms with Gasteiger partial charge in [0.2, 0.25) is 11.7 Å². The Bertz CT molecular complexity index is 1280. The maximum Gasteiger partial charge on any atom is 0.221 e. The molecule has 2 aromatic carbocycles. The second-order valence-electron chi connectivity index (χ2n) is 9.03. The van der Waals surface area contributed by atoms with Crippen LogP contribution in [-0.4, -0.2) is 23.2 Å². The molecule has 164 valence electrons. The number of hydrogen-bond donors (Lipinski definition) is 1. The van der Waals surface area contributed by atoms with Crippen molar-refractivity contribution in [2.24, 2.45) is 16.1 Å². The van der Waals surface area contributed by atoms with Crippen LogP contribution in [0.2, 0.25) is 5.02 Å². The van der Waals surface area contributed by atoms with Crippen LogP contribution in [0.25, 0.3) is 11.1 Å². The first-order chi connectivity index (χ1) is 15.3. The molecule has 32 heavy (non-hydrogen) atoms. The van der Waals surface area contributed by atoms with Crippen molar-refractivity contribution in [3.8, 4) is 11.1 Å². The molecule has 0 fully saturated rings. The van der Waals surface area contributed by atoms with Gasteiger partial charge in [0.15, 0.2) is 0 Å². The third-order valence-corrected chi connectivity index (χ3v) is 7.42. The van der Waals surface area contributed by atoms with Crippen molar-refractivity contribution in [2.75, 3.05) is 7.05 Å². The van der Waals surface area contributed by atoms with E-state index in [4.69, 9.17) is 31.7 Å². The maximum absolute atomic E-state index is 14.0. The lowest BCUT2D eigenvalue weighted by Gasteiger charge is -2.43. The SMILES string of the molecule is Cc1onc2c1CC1(CC2)Cc2ccc(-c3cc(F)cc(Cl)c3)cc2C12N=C(N)N(C)O2. The van der Waals surface area contributed by atoms with Crippen molar-refractivity contribution in [1.29, 1.82) is 0 Å². The first kappa shape index (κ1) is 19.8. The summed E-state index contributed by atoms with van der Waals surface area (Å²) < 4.78 is 19.5. The van der Waals surface area contributed by atoms with Gasteiger partial charge in [-0.1, -0.05) is 28.9 Å². The van der Waals surface area contributed by atoms with E-state index in [0.717, 1.165) is 59.4 Å². The van der Waals surface area contributed by atoms with Gasteiger partial charge in [-0.25, -0.2) is 19.3 Å². The first-order valence-electron chi connectivity index (χ1n) is 10.6. The molecule has 0 amide bonds. The molecule has 3 aliphatic rings. The normalized spacial score (nSPS) is 26.0. The Labute approximate surface area is 189 Å². The van der Waals surface area contributed by atoms with Crippen molar-refractivity contribution < 1.29 is 13.8 Å². The average Bonchev–Trinajstić information content (AvgIpc) is 3.35. The smallest absolute Gasteiger partial charge is 0.221 e. The van der Waals surface area contributed by atoms with E-state index in [-0.39, 0.29) is 11.2 Å². The molecule has 2 aliphatic carbocycles. The summed E-state index contributed by atoms with van der Waals surface area (Å²) in [5.74, 6) is 0.800. The molecule has 6 rings (SSSR count). The molecule has 8 heteroatoms. The molecule has 2 unspecified atom stereocenters. The van der Waals surface area contributed by atoms with Gasteiger partial charge < -0.3 is 10.3 Å². The topological polar surface area (TPSA) is 76.9 Å². The molecule has 2 N–H and O–H groups in total. The Morgan fingerprint density at radius 3 is 2.75 bits per heavy atom. The summed E-state index contributed by atoms with van der Waals surface area (Å²) in [6, 6.07) is 10.7. The third kappa shape index (κ3) is 2.61. The predicted molar refractivity (Wildman–Crippen MR) is 118 cm³/mol. The fourth-order valence-electron chi connectivity index (χ4n) is 5.62. The zero-order valence-electron chi connectivity index (χ0n) is 17.8. The number of hydrogen-bond acceptors (Lipinski definition) is 6. The molecule has 1 aliphatic heterocycles. The molecule has 2 atom stereocenters. The molecule has 6 nitrogen and oxygen atoms in total. The summed E-state index contributed by atoms with van der Waals surface area (Å²) in [6.45, 7) is 1.95. The van der Waals surface area contributed by atoms with Gasteiger partial charge in [-0.3, -0.25) is 0 Å². The number of aliphatic imine (C=N–C) groups is 1. The van der Waals surface area contributed by atoms with Crippen LogP contribution in [0.1, 0.15) is 34.6 Å². The summed E-state index contributed by atoms with van der Waals surface area (Å²) in [7, 11) is 1.77.